The molecular formula is C12H7BrF2N2O3. The van der Waals surface area contributed by atoms with Gasteiger partial charge in [0.15, 0.2) is 11.6 Å². The van der Waals surface area contributed by atoms with Crippen molar-refractivity contribution in [3.63, 3.8) is 0 Å². The van der Waals surface area contributed by atoms with Crippen LogP contribution >= 0.6 is 15.9 Å². The monoisotopic (exact) mass is 344 g/mol. The van der Waals surface area contributed by atoms with Crippen LogP contribution in [-0.2, 0) is 0 Å². The van der Waals surface area contributed by atoms with Gasteiger partial charge in [-0.05, 0) is 18.2 Å². The molecule has 104 valence electrons. The zero-order valence-electron chi connectivity index (χ0n) is 9.77. The second-order valence-corrected chi connectivity index (χ2v) is 4.70. The molecule has 0 bridgehead atoms. The Morgan fingerprint density at radius 2 is 1.95 bits per heavy atom. The van der Waals surface area contributed by atoms with E-state index in [1.807, 2.05) is 0 Å². The molecule has 20 heavy (non-hydrogen) atoms. The van der Waals surface area contributed by atoms with Crippen molar-refractivity contribution >= 4 is 27.3 Å². The Hall–Kier alpha value is -2.22. The van der Waals surface area contributed by atoms with E-state index in [0.717, 1.165) is 18.2 Å². The highest BCUT2D eigenvalue weighted by Gasteiger charge is 2.15. The number of nitrogens with two attached hydrogens (primary N) is 1. The third-order valence-electron chi connectivity index (χ3n) is 2.38. The molecule has 2 N–H and O–H groups in total. The number of ether oxygens (including phenoxy) is 1. The van der Waals surface area contributed by atoms with Gasteiger partial charge in [-0.3, -0.25) is 10.1 Å². The predicted octanol–water partition coefficient (Wildman–Crippen LogP) is 4.01. The first kappa shape index (κ1) is 14.2. The lowest BCUT2D eigenvalue weighted by Gasteiger charge is -2.08. The molecule has 2 rings (SSSR count). The summed E-state index contributed by atoms with van der Waals surface area (Å²) >= 11 is 3.00. The molecule has 0 aliphatic heterocycles. The Morgan fingerprint density at radius 1 is 1.25 bits per heavy atom. The molecule has 8 heteroatoms. The van der Waals surface area contributed by atoms with E-state index in [1.165, 1.54) is 12.1 Å². The van der Waals surface area contributed by atoms with Crippen LogP contribution in [0, 0.1) is 21.7 Å². The maximum Gasteiger partial charge on any atom is 0.292 e. The number of hydrogen-bond acceptors (Lipinski definition) is 4. The van der Waals surface area contributed by atoms with Crippen molar-refractivity contribution in [2.24, 2.45) is 0 Å². The molecule has 0 atom stereocenters. The number of nitrogens with zero attached hydrogens (tertiary/aromatic N) is 1. The summed E-state index contributed by atoms with van der Waals surface area (Å²) in [6.45, 7) is 0. The summed E-state index contributed by atoms with van der Waals surface area (Å²) in [7, 11) is 0. The molecule has 5 nitrogen and oxygen atoms in total. The Balaban J connectivity index is 2.36. The van der Waals surface area contributed by atoms with Gasteiger partial charge in [-0.15, -0.1) is 0 Å². The van der Waals surface area contributed by atoms with Gasteiger partial charge in [-0.25, -0.2) is 4.39 Å². The van der Waals surface area contributed by atoms with Crippen LogP contribution in [0.5, 0.6) is 11.5 Å². The number of nitrogen functional groups attached to an aromatic ring is 1. The van der Waals surface area contributed by atoms with Crippen LogP contribution in [0.4, 0.5) is 20.2 Å². The third-order valence-corrected chi connectivity index (χ3v) is 2.84. The fraction of sp³-hybridized carbons (Fsp3) is 0. The smallest absolute Gasteiger partial charge is 0.292 e. The Kier molecular flexibility index (Phi) is 3.84. The van der Waals surface area contributed by atoms with Crippen LogP contribution in [-0.4, -0.2) is 4.92 Å². The van der Waals surface area contributed by atoms with Crippen LogP contribution < -0.4 is 10.5 Å². The summed E-state index contributed by atoms with van der Waals surface area (Å²) in [6.07, 6.45) is 0. The van der Waals surface area contributed by atoms with Crippen molar-refractivity contribution in [3.8, 4) is 11.5 Å². The Bertz CT molecular complexity index is 695. The SMILES string of the molecule is Nc1cc(Oc2cc(Br)cc(F)c2F)ccc1[N+](=O)[O-]. The minimum absolute atomic E-state index is 0.0597. The van der Waals surface area contributed by atoms with Gasteiger partial charge < -0.3 is 10.5 Å². The number of anilines is 1. The normalized spacial score (nSPS) is 10.3. The molecule has 0 aromatic heterocycles. The topological polar surface area (TPSA) is 78.4 Å². The molecule has 0 radical (unpaired) electrons. The number of hydrogen-bond donors (Lipinski definition) is 1. The summed E-state index contributed by atoms with van der Waals surface area (Å²) in [5.41, 5.74) is 5.05. The standard InChI is InChI=1S/C12H7BrF2N2O3/c13-6-3-8(14)12(15)11(4-6)20-7-1-2-10(17(18)19)9(16)5-7/h1-5H,16H2. The molecule has 0 amide bonds. The van der Waals surface area contributed by atoms with E-state index in [1.54, 1.807) is 0 Å². The average Bonchev–Trinajstić information content (AvgIpc) is 2.35. The number of nitro groups is 1. The first-order valence-corrected chi connectivity index (χ1v) is 6.04. The Morgan fingerprint density at radius 3 is 2.55 bits per heavy atom. The van der Waals surface area contributed by atoms with E-state index in [-0.39, 0.29) is 22.9 Å². The zero-order chi connectivity index (χ0) is 14.9. The van der Waals surface area contributed by atoms with Crippen LogP contribution in [0.3, 0.4) is 0 Å². The summed E-state index contributed by atoms with van der Waals surface area (Å²) in [4.78, 5) is 9.95. The second kappa shape index (κ2) is 5.41. The molecule has 2 aromatic rings. The number of rotatable bonds is 3. The molecule has 0 spiro atoms. The summed E-state index contributed by atoms with van der Waals surface area (Å²) in [5, 5.41) is 10.6. The predicted molar refractivity (Wildman–Crippen MR) is 71.6 cm³/mol. The first-order valence-electron chi connectivity index (χ1n) is 5.25. The molecule has 2 aromatic carbocycles. The van der Waals surface area contributed by atoms with Gasteiger partial charge in [-0.2, -0.15) is 4.39 Å². The van der Waals surface area contributed by atoms with Crippen LogP contribution in [0.15, 0.2) is 34.8 Å². The molecule has 0 aliphatic carbocycles. The maximum absolute atomic E-state index is 13.5. The molecule has 0 heterocycles. The van der Waals surface area contributed by atoms with E-state index >= 15 is 0 Å². The fourth-order valence-electron chi connectivity index (χ4n) is 1.50. The van der Waals surface area contributed by atoms with Crippen LogP contribution in [0.2, 0.25) is 0 Å². The number of nitro benzene ring substituents is 1. The third kappa shape index (κ3) is 2.85. The second-order valence-electron chi connectivity index (χ2n) is 3.78. The highest BCUT2D eigenvalue weighted by Crippen LogP contribution is 2.32. The van der Waals surface area contributed by atoms with Crippen molar-refractivity contribution in [3.05, 3.63) is 56.6 Å². The minimum Gasteiger partial charge on any atom is -0.454 e. The molecule has 0 aliphatic rings. The van der Waals surface area contributed by atoms with Crippen LogP contribution in [0.25, 0.3) is 0 Å². The van der Waals surface area contributed by atoms with Gasteiger partial charge in [0, 0.05) is 16.6 Å². The van der Waals surface area contributed by atoms with Crippen molar-refractivity contribution in [1.29, 1.82) is 0 Å². The van der Waals surface area contributed by atoms with Gasteiger partial charge in [0.25, 0.3) is 5.69 Å². The maximum atomic E-state index is 13.5. The Labute approximate surface area is 120 Å². The van der Waals surface area contributed by atoms with E-state index in [4.69, 9.17) is 10.5 Å². The molecule has 0 saturated heterocycles. The molecule has 0 fully saturated rings. The summed E-state index contributed by atoms with van der Waals surface area (Å²) < 4.78 is 32.1. The van der Waals surface area contributed by atoms with Gasteiger partial charge in [0.1, 0.15) is 11.4 Å². The van der Waals surface area contributed by atoms with Crippen molar-refractivity contribution in [1.82, 2.24) is 0 Å². The van der Waals surface area contributed by atoms with Gasteiger partial charge in [0.05, 0.1) is 4.92 Å². The fourth-order valence-corrected chi connectivity index (χ4v) is 1.90. The minimum atomic E-state index is -1.16. The largest absolute Gasteiger partial charge is 0.454 e. The van der Waals surface area contributed by atoms with Gasteiger partial charge in [0.2, 0.25) is 5.82 Å². The first-order chi connectivity index (χ1) is 9.38. The zero-order valence-corrected chi connectivity index (χ0v) is 11.4. The van der Waals surface area contributed by atoms with Crippen LogP contribution in [0.1, 0.15) is 0 Å². The lowest BCUT2D eigenvalue weighted by atomic mass is 10.2. The highest BCUT2D eigenvalue weighted by molar-refractivity contribution is 9.10. The molecule has 0 unspecified atom stereocenters. The van der Waals surface area contributed by atoms with Crippen molar-refractivity contribution < 1.29 is 18.4 Å². The summed E-state index contributed by atoms with van der Waals surface area (Å²) in [5.74, 6) is -2.54. The summed E-state index contributed by atoms with van der Waals surface area (Å²) in [6, 6.07) is 5.71. The number of halogens is 3. The number of benzene rings is 2. The van der Waals surface area contributed by atoms with Gasteiger partial charge >= 0.3 is 0 Å². The quantitative estimate of drug-likeness (QED) is 0.395. The lowest BCUT2D eigenvalue weighted by molar-refractivity contribution is -0.383. The molecule has 0 saturated carbocycles. The lowest BCUT2D eigenvalue weighted by Crippen LogP contribution is -1.97. The van der Waals surface area contributed by atoms with Crippen molar-refractivity contribution in [2.75, 3.05) is 5.73 Å². The van der Waals surface area contributed by atoms with E-state index in [2.05, 4.69) is 15.9 Å². The molecular weight excluding hydrogens is 338 g/mol. The highest BCUT2D eigenvalue weighted by atomic mass is 79.9. The van der Waals surface area contributed by atoms with E-state index < -0.39 is 16.6 Å². The van der Waals surface area contributed by atoms with Gasteiger partial charge in [-0.1, -0.05) is 15.9 Å². The average molecular weight is 345 g/mol. The van der Waals surface area contributed by atoms with Crippen molar-refractivity contribution in [2.45, 2.75) is 0 Å². The van der Waals surface area contributed by atoms with E-state index in [9.17, 15) is 18.9 Å². The van der Waals surface area contributed by atoms with E-state index in [0.29, 0.717) is 4.47 Å².